The second kappa shape index (κ2) is 5.32. The number of sulfonamides is 1. The molecule has 1 aromatic heterocycles. The fourth-order valence-corrected chi connectivity index (χ4v) is 3.09. The molecule has 0 bridgehead atoms. The average Bonchev–Trinajstić information content (AvgIpc) is 2.31. The van der Waals surface area contributed by atoms with E-state index in [1.807, 2.05) is 0 Å². The van der Waals surface area contributed by atoms with Gasteiger partial charge in [0.1, 0.15) is 5.15 Å². The lowest BCUT2D eigenvalue weighted by molar-refractivity contribution is 0.600. The van der Waals surface area contributed by atoms with Crippen molar-refractivity contribution in [2.24, 2.45) is 0 Å². The summed E-state index contributed by atoms with van der Waals surface area (Å²) in [6.45, 7) is 1.68. The van der Waals surface area contributed by atoms with E-state index < -0.39 is 10.0 Å². The maximum absolute atomic E-state index is 12.2. The van der Waals surface area contributed by atoms with Gasteiger partial charge in [-0.2, -0.15) is 0 Å². The zero-order valence-corrected chi connectivity index (χ0v) is 12.1. The lowest BCUT2D eigenvalue weighted by Crippen LogP contribution is -2.15. The maximum Gasteiger partial charge on any atom is 0.263 e. The summed E-state index contributed by atoms with van der Waals surface area (Å²) in [5, 5.41) is 0.436. The molecule has 0 aliphatic carbocycles. The van der Waals surface area contributed by atoms with Crippen LogP contribution in [0.25, 0.3) is 0 Å². The highest BCUT2D eigenvalue weighted by Gasteiger charge is 2.18. The Hall–Kier alpha value is -1.37. The van der Waals surface area contributed by atoms with Crippen LogP contribution in [0.15, 0.2) is 35.5 Å². The first-order valence-corrected chi connectivity index (χ1v) is 7.39. The van der Waals surface area contributed by atoms with Crippen molar-refractivity contribution in [1.82, 2.24) is 9.97 Å². The summed E-state index contributed by atoms with van der Waals surface area (Å²) < 4.78 is 26.7. The van der Waals surface area contributed by atoms with Crippen LogP contribution in [0, 0.1) is 6.92 Å². The molecule has 100 valence electrons. The van der Waals surface area contributed by atoms with E-state index in [0.29, 0.717) is 10.6 Å². The lowest BCUT2D eigenvalue weighted by atomic mass is 10.2. The van der Waals surface area contributed by atoms with Gasteiger partial charge in [-0.05, 0) is 24.6 Å². The van der Waals surface area contributed by atoms with Gasteiger partial charge >= 0.3 is 0 Å². The summed E-state index contributed by atoms with van der Waals surface area (Å²) in [6.07, 6.45) is 2.58. The van der Waals surface area contributed by atoms with Gasteiger partial charge in [0, 0.05) is 5.02 Å². The summed E-state index contributed by atoms with van der Waals surface area (Å²) in [5.41, 5.74) is 0.576. The standard InChI is InChI=1S/C11H9Cl2N3O2S/c1-7-2-3-8(12)4-9(7)19(17,18)16-11-6-14-5-10(13)15-11/h2-6H,1H3,(H,15,16). The Morgan fingerprint density at radius 1 is 1.21 bits per heavy atom. The Morgan fingerprint density at radius 3 is 2.63 bits per heavy atom. The molecule has 0 saturated carbocycles. The van der Waals surface area contributed by atoms with Gasteiger partial charge in [-0.3, -0.25) is 9.71 Å². The van der Waals surface area contributed by atoms with E-state index in [4.69, 9.17) is 23.2 Å². The molecule has 2 aromatic rings. The predicted octanol–water partition coefficient (Wildman–Crippen LogP) is 2.89. The van der Waals surface area contributed by atoms with Gasteiger partial charge in [-0.15, -0.1) is 0 Å². The number of halogens is 2. The van der Waals surface area contributed by atoms with Gasteiger partial charge in [0.15, 0.2) is 5.82 Å². The van der Waals surface area contributed by atoms with Crippen LogP contribution in [0.4, 0.5) is 5.82 Å². The minimum atomic E-state index is -3.78. The summed E-state index contributed by atoms with van der Waals surface area (Å²) in [6, 6.07) is 4.62. The van der Waals surface area contributed by atoms with Crippen molar-refractivity contribution >= 4 is 39.0 Å². The van der Waals surface area contributed by atoms with E-state index >= 15 is 0 Å². The van der Waals surface area contributed by atoms with Crippen LogP contribution in [0.3, 0.4) is 0 Å². The van der Waals surface area contributed by atoms with Crippen LogP contribution >= 0.6 is 23.2 Å². The number of hydrogen-bond donors (Lipinski definition) is 1. The van der Waals surface area contributed by atoms with Crippen LogP contribution in [0.5, 0.6) is 0 Å². The number of hydrogen-bond acceptors (Lipinski definition) is 4. The fourth-order valence-electron chi connectivity index (χ4n) is 1.45. The summed E-state index contributed by atoms with van der Waals surface area (Å²) in [4.78, 5) is 7.66. The maximum atomic E-state index is 12.2. The molecular formula is C11H9Cl2N3O2S. The van der Waals surface area contributed by atoms with E-state index in [2.05, 4.69) is 14.7 Å². The van der Waals surface area contributed by atoms with Gasteiger partial charge in [0.2, 0.25) is 0 Å². The molecule has 0 unspecified atom stereocenters. The molecule has 8 heteroatoms. The summed E-state index contributed by atoms with van der Waals surface area (Å²) >= 11 is 11.5. The normalized spacial score (nSPS) is 11.3. The molecule has 0 radical (unpaired) electrons. The molecule has 19 heavy (non-hydrogen) atoms. The second-order valence-corrected chi connectivity index (χ2v) is 6.22. The molecule has 1 N–H and O–H groups in total. The molecule has 2 rings (SSSR count). The Kier molecular flexibility index (Phi) is 3.93. The smallest absolute Gasteiger partial charge is 0.262 e. The third-order valence-corrected chi connectivity index (χ3v) is 4.20. The van der Waals surface area contributed by atoms with Crippen LogP contribution in [-0.2, 0) is 10.0 Å². The molecule has 0 amide bonds. The minimum absolute atomic E-state index is 0.0480. The number of aromatic nitrogens is 2. The molecule has 1 aromatic carbocycles. The number of rotatable bonds is 3. The monoisotopic (exact) mass is 317 g/mol. The van der Waals surface area contributed by atoms with Crippen LogP contribution in [-0.4, -0.2) is 18.4 Å². The summed E-state index contributed by atoms with van der Waals surface area (Å²) in [5.74, 6) is 0.0480. The van der Waals surface area contributed by atoms with Gasteiger partial charge in [-0.1, -0.05) is 29.3 Å². The lowest BCUT2D eigenvalue weighted by Gasteiger charge is -2.09. The SMILES string of the molecule is Cc1ccc(Cl)cc1S(=O)(=O)Nc1cncc(Cl)n1. The second-order valence-electron chi connectivity index (χ2n) is 3.74. The first-order valence-electron chi connectivity index (χ1n) is 5.15. The molecule has 0 aliphatic rings. The Morgan fingerprint density at radius 2 is 1.95 bits per heavy atom. The summed E-state index contributed by atoms with van der Waals surface area (Å²) in [7, 11) is -3.78. The Labute approximate surface area is 120 Å². The number of anilines is 1. The average molecular weight is 318 g/mol. The number of aryl methyl sites for hydroxylation is 1. The van der Waals surface area contributed by atoms with Crippen molar-refractivity contribution < 1.29 is 8.42 Å². The van der Waals surface area contributed by atoms with Crippen LogP contribution in [0.1, 0.15) is 5.56 Å². The van der Waals surface area contributed by atoms with Crippen molar-refractivity contribution in [3.63, 3.8) is 0 Å². The highest BCUT2D eigenvalue weighted by atomic mass is 35.5. The van der Waals surface area contributed by atoms with Gasteiger partial charge in [0.25, 0.3) is 10.0 Å². The Balaban J connectivity index is 2.40. The molecule has 0 saturated heterocycles. The van der Waals surface area contributed by atoms with E-state index in [0.717, 1.165) is 0 Å². The number of nitrogens with zero attached hydrogens (tertiary/aromatic N) is 2. The molecule has 0 fully saturated rings. The van der Waals surface area contributed by atoms with Crippen molar-refractivity contribution in [1.29, 1.82) is 0 Å². The molecular weight excluding hydrogens is 309 g/mol. The first-order chi connectivity index (χ1) is 8.88. The van der Waals surface area contributed by atoms with E-state index in [1.165, 1.54) is 18.5 Å². The van der Waals surface area contributed by atoms with Crippen molar-refractivity contribution in [3.05, 3.63) is 46.3 Å². The molecule has 0 atom stereocenters. The zero-order valence-electron chi connectivity index (χ0n) is 9.76. The zero-order chi connectivity index (χ0) is 14.0. The fraction of sp³-hybridized carbons (Fsp3) is 0.0909. The molecule has 0 spiro atoms. The van der Waals surface area contributed by atoms with E-state index in [1.54, 1.807) is 19.1 Å². The van der Waals surface area contributed by atoms with Crippen molar-refractivity contribution in [2.45, 2.75) is 11.8 Å². The highest BCUT2D eigenvalue weighted by Crippen LogP contribution is 2.22. The predicted molar refractivity (Wildman–Crippen MR) is 74.0 cm³/mol. The third-order valence-electron chi connectivity index (χ3n) is 2.28. The van der Waals surface area contributed by atoms with Crippen LogP contribution in [0.2, 0.25) is 10.2 Å². The van der Waals surface area contributed by atoms with Gasteiger partial charge < -0.3 is 0 Å². The topological polar surface area (TPSA) is 72.0 Å². The molecule has 5 nitrogen and oxygen atoms in total. The highest BCUT2D eigenvalue weighted by molar-refractivity contribution is 7.92. The number of nitrogens with one attached hydrogen (secondary N) is 1. The molecule has 0 aliphatic heterocycles. The van der Waals surface area contributed by atoms with Crippen molar-refractivity contribution in [3.8, 4) is 0 Å². The first kappa shape index (κ1) is 14.0. The third kappa shape index (κ3) is 3.34. The van der Waals surface area contributed by atoms with Crippen LogP contribution < -0.4 is 4.72 Å². The minimum Gasteiger partial charge on any atom is -0.262 e. The quantitative estimate of drug-likeness (QED) is 0.944. The number of benzene rings is 1. The largest absolute Gasteiger partial charge is 0.263 e. The van der Waals surface area contributed by atoms with Crippen molar-refractivity contribution in [2.75, 3.05) is 4.72 Å². The Bertz CT molecular complexity index is 720. The van der Waals surface area contributed by atoms with E-state index in [9.17, 15) is 8.42 Å². The van der Waals surface area contributed by atoms with Gasteiger partial charge in [0.05, 0.1) is 17.3 Å². The van der Waals surface area contributed by atoms with Gasteiger partial charge in [-0.25, -0.2) is 13.4 Å². The van der Waals surface area contributed by atoms with E-state index in [-0.39, 0.29) is 15.9 Å². The molecule has 1 heterocycles.